The maximum Gasteiger partial charge on any atom is 0.335 e. The predicted molar refractivity (Wildman–Crippen MR) is 42.0 cm³/mol. The average Bonchev–Trinajstić information content (AvgIpc) is 1.60. The van der Waals surface area contributed by atoms with Crippen molar-refractivity contribution in [2.24, 2.45) is 0 Å². The van der Waals surface area contributed by atoms with E-state index in [0.717, 1.165) is 6.92 Å². The molecule has 0 rings (SSSR count). The molecular formula is C5H8Na2O5. The molecule has 0 saturated carbocycles. The third-order valence-corrected chi connectivity index (χ3v) is 0.956. The normalized spacial score (nSPS) is 13.2. The van der Waals surface area contributed by atoms with Crippen molar-refractivity contribution >= 4 is 71.1 Å². The van der Waals surface area contributed by atoms with Crippen LogP contribution < -0.4 is 0 Å². The Bertz CT molecular complexity index is 167. The average molecular weight is 194 g/mol. The van der Waals surface area contributed by atoms with Crippen LogP contribution in [0.5, 0.6) is 0 Å². The SMILES string of the molecule is C[C@](O)(CC(=O)O)C(=O)O.[Na].[Na]. The number of aliphatic carboxylic acids is 2. The van der Waals surface area contributed by atoms with E-state index in [0.29, 0.717) is 0 Å². The van der Waals surface area contributed by atoms with E-state index in [2.05, 4.69) is 0 Å². The van der Waals surface area contributed by atoms with Crippen molar-refractivity contribution < 1.29 is 24.9 Å². The van der Waals surface area contributed by atoms with Crippen LogP contribution in [0.2, 0.25) is 0 Å². The first-order chi connectivity index (χ1) is 4.36. The Morgan fingerprint density at radius 2 is 1.58 bits per heavy atom. The zero-order valence-corrected chi connectivity index (χ0v) is 11.4. The van der Waals surface area contributed by atoms with Gasteiger partial charge in [-0.1, -0.05) is 0 Å². The van der Waals surface area contributed by atoms with E-state index < -0.39 is 24.0 Å². The van der Waals surface area contributed by atoms with Gasteiger partial charge in [0.2, 0.25) is 0 Å². The molecule has 12 heavy (non-hydrogen) atoms. The largest absolute Gasteiger partial charge is 0.481 e. The van der Waals surface area contributed by atoms with E-state index in [4.69, 9.17) is 15.3 Å². The second-order valence-corrected chi connectivity index (χ2v) is 2.15. The fourth-order valence-corrected chi connectivity index (χ4v) is 0.370. The molecule has 0 aromatic heterocycles. The maximum absolute atomic E-state index is 10.0. The van der Waals surface area contributed by atoms with Crippen molar-refractivity contribution in [1.29, 1.82) is 0 Å². The molecule has 0 aliphatic rings. The third kappa shape index (κ3) is 7.54. The molecule has 0 heterocycles. The summed E-state index contributed by atoms with van der Waals surface area (Å²) in [4.78, 5) is 19.9. The van der Waals surface area contributed by atoms with Crippen molar-refractivity contribution in [3.8, 4) is 0 Å². The molecular weight excluding hydrogens is 186 g/mol. The Hall–Kier alpha value is 0.900. The van der Waals surface area contributed by atoms with E-state index in [1.54, 1.807) is 0 Å². The first kappa shape index (κ1) is 18.6. The Labute approximate surface area is 114 Å². The van der Waals surface area contributed by atoms with Crippen molar-refractivity contribution in [1.82, 2.24) is 0 Å². The van der Waals surface area contributed by atoms with Gasteiger partial charge >= 0.3 is 11.9 Å². The van der Waals surface area contributed by atoms with E-state index in [9.17, 15) is 9.59 Å². The standard InChI is InChI=1S/C5H8O5.2Na/c1-5(10,4(8)9)2-3(6)7;;/h10H,2H2,1H3,(H,6,7)(H,8,9);;/t5-;;/m0../s1. The van der Waals surface area contributed by atoms with Crippen LogP contribution in [0, 0.1) is 0 Å². The molecule has 0 bridgehead atoms. The van der Waals surface area contributed by atoms with Gasteiger partial charge in [-0.25, -0.2) is 4.79 Å². The number of aliphatic hydroxyl groups is 1. The van der Waals surface area contributed by atoms with Gasteiger partial charge in [-0.3, -0.25) is 4.79 Å². The first-order valence-electron chi connectivity index (χ1n) is 2.54. The van der Waals surface area contributed by atoms with Gasteiger partial charge in [0.25, 0.3) is 0 Å². The summed E-state index contributed by atoms with van der Waals surface area (Å²) in [7, 11) is 0. The molecule has 0 aromatic carbocycles. The molecule has 0 spiro atoms. The van der Waals surface area contributed by atoms with Crippen LogP contribution in [0.4, 0.5) is 0 Å². The monoisotopic (exact) mass is 194 g/mol. The van der Waals surface area contributed by atoms with Gasteiger partial charge in [0, 0.05) is 59.1 Å². The van der Waals surface area contributed by atoms with Crippen LogP contribution >= 0.6 is 0 Å². The number of hydrogen-bond acceptors (Lipinski definition) is 3. The fourth-order valence-electron chi connectivity index (χ4n) is 0.370. The molecule has 0 unspecified atom stereocenters. The van der Waals surface area contributed by atoms with Crippen LogP contribution in [-0.2, 0) is 9.59 Å². The summed E-state index contributed by atoms with van der Waals surface area (Å²) in [6, 6.07) is 0. The summed E-state index contributed by atoms with van der Waals surface area (Å²) in [5, 5.41) is 25.0. The first-order valence-corrected chi connectivity index (χ1v) is 2.54. The second-order valence-electron chi connectivity index (χ2n) is 2.15. The van der Waals surface area contributed by atoms with Crippen LogP contribution in [-0.4, -0.2) is 92.0 Å². The van der Waals surface area contributed by atoms with Crippen LogP contribution in [0.25, 0.3) is 0 Å². The quantitative estimate of drug-likeness (QED) is 0.477. The molecule has 0 fully saturated rings. The molecule has 2 radical (unpaired) electrons. The van der Waals surface area contributed by atoms with Gasteiger partial charge in [-0.05, 0) is 6.92 Å². The molecule has 0 saturated heterocycles. The minimum Gasteiger partial charge on any atom is -0.481 e. The summed E-state index contributed by atoms with van der Waals surface area (Å²) >= 11 is 0. The Morgan fingerprint density at radius 1 is 1.25 bits per heavy atom. The number of hydrogen-bond donors (Lipinski definition) is 3. The summed E-state index contributed by atoms with van der Waals surface area (Å²) in [6.45, 7) is 0.934. The molecule has 0 aliphatic carbocycles. The van der Waals surface area contributed by atoms with Crippen LogP contribution in [0.1, 0.15) is 13.3 Å². The number of carboxylic acids is 2. The minimum absolute atomic E-state index is 0. The minimum atomic E-state index is -2.16. The van der Waals surface area contributed by atoms with Gasteiger partial charge in [0.1, 0.15) is 0 Å². The second kappa shape index (κ2) is 7.32. The van der Waals surface area contributed by atoms with Crippen LogP contribution in [0.15, 0.2) is 0 Å². The zero-order chi connectivity index (χ0) is 8.36. The van der Waals surface area contributed by atoms with Gasteiger partial charge in [0.05, 0.1) is 6.42 Å². The molecule has 5 nitrogen and oxygen atoms in total. The number of rotatable bonds is 3. The summed E-state index contributed by atoms with van der Waals surface area (Å²) in [5.74, 6) is -2.87. The Morgan fingerprint density at radius 3 is 1.67 bits per heavy atom. The maximum atomic E-state index is 10.0. The van der Waals surface area contributed by atoms with Crippen LogP contribution in [0.3, 0.4) is 0 Å². The molecule has 60 valence electrons. The van der Waals surface area contributed by atoms with Gasteiger partial charge in [-0.2, -0.15) is 0 Å². The van der Waals surface area contributed by atoms with E-state index in [1.165, 1.54) is 0 Å². The zero-order valence-electron chi connectivity index (χ0n) is 7.37. The molecule has 0 amide bonds. The van der Waals surface area contributed by atoms with E-state index >= 15 is 0 Å². The number of carbonyl (C=O) groups is 2. The summed E-state index contributed by atoms with van der Waals surface area (Å²) in [6.07, 6.45) is -0.789. The Balaban J connectivity index is -0.000000405. The smallest absolute Gasteiger partial charge is 0.335 e. The predicted octanol–water partition coefficient (Wildman–Crippen LogP) is -1.46. The molecule has 7 heteroatoms. The molecule has 3 N–H and O–H groups in total. The fraction of sp³-hybridized carbons (Fsp3) is 0.600. The number of carboxylic acid groups (broad SMARTS) is 2. The van der Waals surface area contributed by atoms with Crippen molar-refractivity contribution in [2.45, 2.75) is 18.9 Å². The molecule has 0 aliphatic heterocycles. The van der Waals surface area contributed by atoms with Crippen molar-refractivity contribution in [2.75, 3.05) is 0 Å². The third-order valence-electron chi connectivity index (χ3n) is 0.956. The van der Waals surface area contributed by atoms with Gasteiger partial charge in [0.15, 0.2) is 5.60 Å². The summed E-state index contributed by atoms with van der Waals surface area (Å²) in [5.41, 5.74) is -2.16. The summed E-state index contributed by atoms with van der Waals surface area (Å²) < 4.78 is 0. The Kier molecular flexibility index (Phi) is 11.4. The van der Waals surface area contributed by atoms with Crippen molar-refractivity contribution in [3.05, 3.63) is 0 Å². The van der Waals surface area contributed by atoms with Crippen molar-refractivity contribution in [3.63, 3.8) is 0 Å². The molecule has 0 aromatic rings. The van der Waals surface area contributed by atoms with Gasteiger partial charge in [-0.15, -0.1) is 0 Å². The molecule has 1 atom stereocenters. The van der Waals surface area contributed by atoms with Gasteiger partial charge < -0.3 is 15.3 Å². The van der Waals surface area contributed by atoms with E-state index in [-0.39, 0.29) is 59.1 Å². The van der Waals surface area contributed by atoms with E-state index in [1.807, 2.05) is 0 Å². The topological polar surface area (TPSA) is 94.8 Å².